The number of carbonyl (C=O) groups is 4. The zero-order valence-corrected chi connectivity index (χ0v) is 68.7. The fraction of sp³-hybridized carbons (Fsp3) is 0.952. The van der Waals surface area contributed by atoms with Crippen LogP contribution in [0.25, 0.3) is 0 Å². The Balaban J connectivity index is 5.21. The van der Waals surface area contributed by atoms with Crippen LogP contribution >= 0.6 is 15.6 Å². The van der Waals surface area contributed by atoms with E-state index in [1.807, 2.05) is 0 Å². The molecule has 3 N–H and O–H groups in total. The topological polar surface area (TPSA) is 237 Å². The van der Waals surface area contributed by atoms with E-state index >= 15 is 0 Å². The van der Waals surface area contributed by atoms with E-state index in [4.69, 9.17) is 37.0 Å². The van der Waals surface area contributed by atoms with E-state index in [0.717, 1.165) is 102 Å². The molecule has 0 amide bonds. The monoisotopic (exact) mass is 1490 g/mol. The quantitative estimate of drug-likeness (QED) is 0.0222. The first-order valence-electron chi connectivity index (χ1n) is 43.0. The summed E-state index contributed by atoms with van der Waals surface area (Å²) in [6.07, 6.45) is 65.1. The fourth-order valence-electron chi connectivity index (χ4n) is 12.9. The summed E-state index contributed by atoms with van der Waals surface area (Å²) in [6.45, 7) is 9.73. The highest BCUT2D eigenvalue weighted by molar-refractivity contribution is 7.47. The zero-order valence-electron chi connectivity index (χ0n) is 66.9. The van der Waals surface area contributed by atoms with Crippen molar-refractivity contribution in [1.29, 1.82) is 0 Å². The number of phosphoric ester groups is 2. The van der Waals surface area contributed by atoms with Gasteiger partial charge in [0.2, 0.25) is 0 Å². The molecule has 3 unspecified atom stereocenters. The Morgan fingerprint density at radius 2 is 0.500 bits per heavy atom. The SMILES string of the molecule is CCCCCCCCCCCCCCCCC(=O)O[C@H](COC(=O)CCCCCCCCCCC)COP(=O)(O)OC[C@H](O)COP(=O)(O)OC[C@@H](COC(=O)CCCCCCCCCCCCCCCCC(C)CC)OC(=O)CCCCCCCCCCCCCCCCCCCCC(C)C. The molecular weight excluding hydrogens is 1330 g/mol. The molecule has 19 heteroatoms. The molecule has 0 radical (unpaired) electrons. The van der Waals surface area contributed by atoms with Crippen LogP contribution in [0.3, 0.4) is 0 Å². The second-order valence-corrected chi connectivity index (χ2v) is 33.5. The van der Waals surface area contributed by atoms with E-state index in [1.54, 1.807) is 0 Å². The van der Waals surface area contributed by atoms with Gasteiger partial charge in [0.1, 0.15) is 19.3 Å². The molecule has 606 valence electrons. The van der Waals surface area contributed by atoms with Crippen molar-refractivity contribution in [2.24, 2.45) is 11.8 Å². The number of ether oxygens (including phenoxy) is 4. The van der Waals surface area contributed by atoms with Crippen molar-refractivity contribution >= 4 is 39.5 Å². The van der Waals surface area contributed by atoms with Crippen LogP contribution in [-0.2, 0) is 65.4 Å². The van der Waals surface area contributed by atoms with Crippen molar-refractivity contribution in [3.05, 3.63) is 0 Å². The largest absolute Gasteiger partial charge is 0.472 e. The van der Waals surface area contributed by atoms with E-state index in [9.17, 15) is 43.2 Å². The average Bonchev–Trinajstić information content (AvgIpc) is 0.960. The lowest BCUT2D eigenvalue weighted by atomic mass is 9.99. The van der Waals surface area contributed by atoms with Crippen molar-refractivity contribution in [1.82, 2.24) is 0 Å². The minimum absolute atomic E-state index is 0.108. The smallest absolute Gasteiger partial charge is 0.462 e. The van der Waals surface area contributed by atoms with Crippen molar-refractivity contribution in [3.63, 3.8) is 0 Å². The van der Waals surface area contributed by atoms with Crippen LogP contribution in [0.4, 0.5) is 0 Å². The number of hydrogen-bond donors (Lipinski definition) is 3. The summed E-state index contributed by atoms with van der Waals surface area (Å²) in [4.78, 5) is 73.0. The van der Waals surface area contributed by atoms with Gasteiger partial charge in [-0.3, -0.25) is 37.3 Å². The summed E-state index contributed by atoms with van der Waals surface area (Å²) >= 11 is 0. The molecule has 0 rings (SSSR count). The molecule has 0 aromatic rings. The summed E-state index contributed by atoms with van der Waals surface area (Å²) in [5.74, 6) is -0.436. The highest BCUT2D eigenvalue weighted by Gasteiger charge is 2.30. The summed E-state index contributed by atoms with van der Waals surface area (Å²) in [5.41, 5.74) is 0. The molecule has 0 saturated carbocycles. The van der Waals surface area contributed by atoms with E-state index in [1.165, 1.54) is 257 Å². The Bertz CT molecular complexity index is 1960. The lowest BCUT2D eigenvalue weighted by molar-refractivity contribution is -0.161. The van der Waals surface area contributed by atoms with Crippen LogP contribution in [0.15, 0.2) is 0 Å². The molecule has 0 spiro atoms. The molecule has 0 aliphatic rings. The van der Waals surface area contributed by atoms with Crippen molar-refractivity contribution in [3.8, 4) is 0 Å². The molecule has 0 aromatic heterocycles. The van der Waals surface area contributed by atoms with Crippen LogP contribution in [0.5, 0.6) is 0 Å². The molecule has 6 atom stereocenters. The Morgan fingerprint density at radius 1 is 0.284 bits per heavy atom. The van der Waals surface area contributed by atoms with Gasteiger partial charge in [0.05, 0.1) is 26.4 Å². The maximum absolute atomic E-state index is 13.1. The van der Waals surface area contributed by atoms with Gasteiger partial charge in [-0.15, -0.1) is 0 Å². The van der Waals surface area contributed by atoms with Gasteiger partial charge < -0.3 is 33.8 Å². The summed E-state index contributed by atoms with van der Waals surface area (Å²) in [5, 5.41) is 10.6. The number of aliphatic hydroxyl groups is 1. The van der Waals surface area contributed by atoms with Crippen LogP contribution in [0.1, 0.15) is 440 Å². The van der Waals surface area contributed by atoms with E-state index in [2.05, 4.69) is 41.5 Å². The highest BCUT2D eigenvalue weighted by atomic mass is 31.2. The number of aliphatic hydroxyl groups excluding tert-OH is 1. The summed E-state index contributed by atoms with van der Waals surface area (Å²) < 4.78 is 68.7. The van der Waals surface area contributed by atoms with Crippen LogP contribution in [0.2, 0.25) is 0 Å². The molecule has 0 bridgehead atoms. The number of esters is 4. The molecular formula is C83H162O17P2. The number of phosphoric acid groups is 2. The van der Waals surface area contributed by atoms with Gasteiger partial charge in [-0.25, -0.2) is 9.13 Å². The minimum Gasteiger partial charge on any atom is -0.462 e. The van der Waals surface area contributed by atoms with Gasteiger partial charge >= 0.3 is 39.5 Å². The van der Waals surface area contributed by atoms with Gasteiger partial charge in [-0.2, -0.15) is 0 Å². The number of unbranched alkanes of at least 4 members (excludes halogenated alkanes) is 51. The zero-order chi connectivity index (χ0) is 74.9. The van der Waals surface area contributed by atoms with Crippen LogP contribution in [-0.4, -0.2) is 96.7 Å². The standard InChI is InChI=1S/C83H162O17P2/c1-7-10-12-14-16-18-19-20-31-37-43-49-55-61-67-82(87)99-78(71-93-80(85)65-59-53-47-39-17-15-13-11-8-2)73-97-101(89,90)95-69-77(84)70-96-102(91,92)98-74-79(72-94-81(86)66-60-54-48-42-36-32-28-27-30-35-41-46-52-58-64-76(6)9-3)100-83(88)68-62-56-50-44-38-33-26-24-22-21-23-25-29-34-40-45-51-57-63-75(4)5/h75-79,84H,7-74H2,1-6H3,(H,89,90)(H,91,92)/t76?,77-,78+,79+/m0/s1. The molecule has 0 aromatic carbocycles. The maximum Gasteiger partial charge on any atom is 0.472 e. The predicted molar refractivity (Wildman–Crippen MR) is 418 cm³/mol. The van der Waals surface area contributed by atoms with E-state index in [-0.39, 0.29) is 25.7 Å². The third kappa shape index (κ3) is 74.9. The predicted octanol–water partition coefficient (Wildman–Crippen LogP) is 25.1. The first kappa shape index (κ1) is 100. The van der Waals surface area contributed by atoms with Crippen LogP contribution in [0, 0.1) is 11.8 Å². The molecule has 102 heavy (non-hydrogen) atoms. The van der Waals surface area contributed by atoms with Crippen LogP contribution < -0.4 is 0 Å². The van der Waals surface area contributed by atoms with E-state index in [0.29, 0.717) is 25.7 Å². The fourth-order valence-corrected chi connectivity index (χ4v) is 14.4. The molecule has 0 aliphatic carbocycles. The normalized spacial score (nSPS) is 14.1. The first-order chi connectivity index (χ1) is 49.4. The number of carbonyl (C=O) groups excluding carboxylic acids is 4. The molecule has 17 nitrogen and oxygen atoms in total. The van der Waals surface area contributed by atoms with Gasteiger partial charge in [-0.05, 0) is 37.5 Å². The Labute approximate surface area is 626 Å². The Morgan fingerprint density at radius 3 is 0.745 bits per heavy atom. The van der Waals surface area contributed by atoms with Gasteiger partial charge in [0.25, 0.3) is 0 Å². The van der Waals surface area contributed by atoms with Crippen molar-refractivity contribution in [2.75, 3.05) is 39.6 Å². The lowest BCUT2D eigenvalue weighted by Gasteiger charge is -2.21. The third-order valence-corrected chi connectivity index (χ3v) is 21.7. The van der Waals surface area contributed by atoms with E-state index < -0.39 is 97.5 Å². The van der Waals surface area contributed by atoms with Gasteiger partial charge in [-0.1, -0.05) is 388 Å². The lowest BCUT2D eigenvalue weighted by Crippen LogP contribution is -2.30. The Hall–Kier alpha value is -1.94. The number of hydrogen-bond acceptors (Lipinski definition) is 15. The highest BCUT2D eigenvalue weighted by Crippen LogP contribution is 2.45. The first-order valence-corrected chi connectivity index (χ1v) is 46.0. The van der Waals surface area contributed by atoms with Crippen molar-refractivity contribution < 1.29 is 80.2 Å². The Kier molecular flexibility index (Phi) is 73.1. The number of rotatable bonds is 82. The average molecular weight is 1490 g/mol. The van der Waals surface area contributed by atoms with Crippen molar-refractivity contribution in [2.45, 2.75) is 458 Å². The molecule has 0 heterocycles. The molecule has 0 saturated heterocycles. The summed E-state index contributed by atoms with van der Waals surface area (Å²) in [7, 11) is -9.92. The third-order valence-electron chi connectivity index (χ3n) is 19.8. The summed E-state index contributed by atoms with van der Waals surface area (Å²) in [6, 6.07) is 0. The molecule has 0 fully saturated rings. The van der Waals surface area contributed by atoms with Gasteiger partial charge in [0.15, 0.2) is 12.2 Å². The molecule has 0 aliphatic heterocycles. The van der Waals surface area contributed by atoms with Gasteiger partial charge in [0, 0.05) is 25.7 Å². The second-order valence-electron chi connectivity index (χ2n) is 30.6. The maximum atomic E-state index is 13.1. The second kappa shape index (κ2) is 74.5. The minimum atomic E-state index is -4.96.